The van der Waals surface area contributed by atoms with Crippen molar-refractivity contribution in [2.45, 2.75) is 32.1 Å². The number of rotatable bonds is 1. The highest BCUT2D eigenvalue weighted by Gasteiger charge is 2.25. The van der Waals surface area contributed by atoms with Crippen LogP contribution in [0.5, 0.6) is 0 Å². The van der Waals surface area contributed by atoms with Crippen molar-refractivity contribution in [3.63, 3.8) is 0 Å². The molecular weight excluding hydrogens is 112 g/mol. The number of hydrogen-bond donors (Lipinski definition) is 0. The van der Waals surface area contributed by atoms with Crippen LogP contribution in [0.25, 0.3) is 0 Å². The molecule has 0 N–H and O–H groups in total. The van der Waals surface area contributed by atoms with Crippen LogP contribution in [-0.4, -0.2) is 0 Å². The van der Waals surface area contributed by atoms with Crippen molar-refractivity contribution in [3.8, 4) is 0 Å². The largest absolute Gasteiger partial charge is 0.450 e. The molecule has 1 heterocycles. The molecule has 0 aromatic heterocycles. The zero-order chi connectivity index (χ0) is 6.10. The Hall–Kier alpha value is -0.460. The second kappa shape index (κ2) is 2.05. The van der Waals surface area contributed by atoms with Gasteiger partial charge in [0, 0.05) is 5.92 Å². The van der Waals surface area contributed by atoms with Crippen LogP contribution in [0, 0.1) is 12.2 Å². The Morgan fingerprint density at radius 2 is 1.89 bits per heavy atom. The monoisotopic (exact) mass is 123 g/mol. The fraction of sp³-hybridized carbons (Fsp3) is 0.750. The van der Waals surface area contributed by atoms with E-state index < -0.39 is 0 Å². The minimum absolute atomic E-state index is 0.749. The maximum atomic E-state index is 4.91. The molecule has 0 atom stereocenters. The minimum atomic E-state index is 0.749. The molecule has 0 saturated heterocycles. The summed E-state index contributed by atoms with van der Waals surface area (Å²) >= 11 is 0. The number of hydrogen-bond acceptors (Lipinski definition) is 1. The van der Waals surface area contributed by atoms with Crippen LogP contribution in [-0.2, 0) is 4.74 Å². The fourth-order valence-corrected chi connectivity index (χ4v) is 1.56. The van der Waals surface area contributed by atoms with Crippen LogP contribution in [0.3, 0.4) is 0 Å². The van der Waals surface area contributed by atoms with Crippen LogP contribution in [0.4, 0.5) is 0 Å². The maximum Gasteiger partial charge on any atom is 0.211 e. The van der Waals surface area contributed by atoms with Crippen molar-refractivity contribution < 1.29 is 4.74 Å². The summed E-state index contributed by atoms with van der Waals surface area (Å²) in [5.41, 5.74) is 0. The molecule has 1 fully saturated rings. The summed E-state index contributed by atoms with van der Waals surface area (Å²) < 4.78 is 4.91. The van der Waals surface area contributed by atoms with Gasteiger partial charge < -0.3 is 4.74 Å². The first-order valence-electron chi connectivity index (χ1n) is 3.76. The van der Waals surface area contributed by atoms with E-state index in [0.717, 1.165) is 11.7 Å². The fourth-order valence-electron chi connectivity index (χ4n) is 1.56. The quantitative estimate of drug-likeness (QED) is 0.521. The lowest BCUT2D eigenvalue weighted by Crippen LogP contribution is -2.04. The molecule has 1 heteroatoms. The SMILES string of the molecule is [C]1=C(C2CCCCC2)O1. The summed E-state index contributed by atoms with van der Waals surface area (Å²) in [6, 6.07) is 0. The third-order valence-corrected chi connectivity index (χ3v) is 2.20. The minimum Gasteiger partial charge on any atom is -0.450 e. The molecule has 1 aliphatic heterocycles. The molecule has 2 aliphatic rings. The van der Waals surface area contributed by atoms with E-state index in [-0.39, 0.29) is 0 Å². The molecule has 0 aromatic carbocycles. The van der Waals surface area contributed by atoms with E-state index in [4.69, 9.17) is 4.74 Å². The van der Waals surface area contributed by atoms with E-state index in [1.165, 1.54) is 32.1 Å². The number of allylic oxidation sites excluding steroid dienone is 1. The van der Waals surface area contributed by atoms with Crippen molar-refractivity contribution in [1.29, 1.82) is 0 Å². The van der Waals surface area contributed by atoms with Crippen LogP contribution < -0.4 is 0 Å². The summed E-state index contributed by atoms with van der Waals surface area (Å²) in [6.07, 6.45) is 9.69. The molecule has 2 rings (SSSR count). The summed E-state index contributed by atoms with van der Waals surface area (Å²) in [5, 5.41) is 0. The molecule has 1 saturated carbocycles. The van der Waals surface area contributed by atoms with Gasteiger partial charge in [0.2, 0.25) is 6.26 Å². The lowest BCUT2D eigenvalue weighted by atomic mass is 9.89. The molecule has 0 aromatic rings. The summed E-state index contributed by atoms with van der Waals surface area (Å²) in [5.74, 6) is 1.90. The Morgan fingerprint density at radius 3 is 2.44 bits per heavy atom. The molecular formula is C8H11O. The van der Waals surface area contributed by atoms with Gasteiger partial charge in [-0.3, -0.25) is 0 Å². The predicted molar refractivity (Wildman–Crippen MR) is 34.4 cm³/mol. The summed E-state index contributed by atoms with van der Waals surface area (Å²) in [4.78, 5) is 0. The van der Waals surface area contributed by atoms with Gasteiger partial charge in [0.25, 0.3) is 0 Å². The Labute approximate surface area is 55.7 Å². The van der Waals surface area contributed by atoms with E-state index >= 15 is 0 Å². The van der Waals surface area contributed by atoms with Gasteiger partial charge in [-0.25, -0.2) is 0 Å². The van der Waals surface area contributed by atoms with Gasteiger partial charge in [-0.1, -0.05) is 19.3 Å². The Bertz CT molecular complexity index is 132. The van der Waals surface area contributed by atoms with E-state index in [1.807, 2.05) is 0 Å². The molecule has 1 aliphatic carbocycles. The van der Waals surface area contributed by atoms with Crippen molar-refractivity contribution in [2.75, 3.05) is 0 Å². The van der Waals surface area contributed by atoms with Crippen LogP contribution in [0.2, 0.25) is 0 Å². The second-order valence-electron chi connectivity index (χ2n) is 2.90. The highest BCUT2D eigenvalue weighted by molar-refractivity contribution is 5.02. The molecule has 0 bridgehead atoms. The van der Waals surface area contributed by atoms with E-state index in [9.17, 15) is 0 Å². The van der Waals surface area contributed by atoms with Gasteiger partial charge in [0.15, 0.2) is 5.76 Å². The summed E-state index contributed by atoms with van der Waals surface area (Å²) in [6.45, 7) is 0. The average molecular weight is 123 g/mol. The van der Waals surface area contributed by atoms with Crippen molar-refractivity contribution in [3.05, 3.63) is 12.0 Å². The maximum absolute atomic E-state index is 4.91. The van der Waals surface area contributed by atoms with Crippen LogP contribution >= 0.6 is 0 Å². The lowest BCUT2D eigenvalue weighted by Gasteiger charge is -2.16. The first kappa shape index (κ1) is 5.33. The Balaban J connectivity index is 1.87. The third kappa shape index (κ3) is 1.09. The Morgan fingerprint density at radius 1 is 1.22 bits per heavy atom. The molecule has 49 valence electrons. The normalized spacial score (nSPS) is 26.9. The van der Waals surface area contributed by atoms with E-state index in [1.54, 1.807) is 0 Å². The van der Waals surface area contributed by atoms with Gasteiger partial charge in [0.05, 0.1) is 0 Å². The predicted octanol–water partition coefficient (Wildman–Crippen LogP) is 2.24. The first-order chi connectivity index (χ1) is 4.47. The van der Waals surface area contributed by atoms with Gasteiger partial charge in [-0.15, -0.1) is 0 Å². The van der Waals surface area contributed by atoms with Gasteiger partial charge >= 0.3 is 0 Å². The standard InChI is InChI=1S/C8H11O/c1-2-4-7(5-3-1)8-6-9-8/h7H,1-5H2. The van der Waals surface area contributed by atoms with Crippen molar-refractivity contribution in [2.24, 2.45) is 5.92 Å². The second-order valence-corrected chi connectivity index (χ2v) is 2.90. The molecule has 1 nitrogen and oxygen atoms in total. The Kier molecular flexibility index (Phi) is 1.22. The van der Waals surface area contributed by atoms with Crippen LogP contribution in [0.1, 0.15) is 32.1 Å². The lowest BCUT2D eigenvalue weighted by molar-refractivity contribution is 0.337. The van der Waals surface area contributed by atoms with Crippen molar-refractivity contribution >= 4 is 0 Å². The number of ether oxygens (including phenoxy) is 1. The van der Waals surface area contributed by atoms with Crippen molar-refractivity contribution in [1.82, 2.24) is 0 Å². The van der Waals surface area contributed by atoms with Crippen LogP contribution in [0.15, 0.2) is 5.76 Å². The van der Waals surface area contributed by atoms with Gasteiger partial charge in [-0.05, 0) is 12.8 Å². The van der Waals surface area contributed by atoms with E-state index in [0.29, 0.717) is 0 Å². The molecule has 0 spiro atoms. The molecule has 9 heavy (non-hydrogen) atoms. The highest BCUT2D eigenvalue weighted by atomic mass is 16.5. The smallest absolute Gasteiger partial charge is 0.211 e. The zero-order valence-corrected chi connectivity index (χ0v) is 5.52. The van der Waals surface area contributed by atoms with Gasteiger partial charge in [0.1, 0.15) is 0 Å². The third-order valence-electron chi connectivity index (χ3n) is 2.20. The zero-order valence-electron chi connectivity index (χ0n) is 5.52. The van der Waals surface area contributed by atoms with E-state index in [2.05, 4.69) is 6.26 Å². The molecule has 0 amide bonds. The molecule has 1 radical (unpaired) electrons. The first-order valence-corrected chi connectivity index (χ1v) is 3.76. The highest BCUT2D eigenvalue weighted by Crippen LogP contribution is 2.34. The van der Waals surface area contributed by atoms with Gasteiger partial charge in [-0.2, -0.15) is 0 Å². The summed E-state index contributed by atoms with van der Waals surface area (Å²) in [7, 11) is 0. The average Bonchev–Trinajstić information content (AvgIpc) is 2.71. The molecule has 0 unspecified atom stereocenters. The topological polar surface area (TPSA) is 12.5 Å².